The number of hydrogen-bond acceptors (Lipinski definition) is 1. The van der Waals surface area contributed by atoms with Gasteiger partial charge in [-0.15, -0.1) is 0 Å². The Bertz CT molecular complexity index is 111. The summed E-state index contributed by atoms with van der Waals surface area (Å²) in [7, 11) is 0. The first kappa shape index (κ1) is 5.72. The summed E-state index contributed by atoms with van der Waals surface area (Å²) >= 11 is 0. The summed E-state index contributed by atoms with van der Waals surface area (Å²) in [5.41, 5.74) is 0. The zero-order valence-corrected chi connectivity index (χ0v) is 6.06. The number of fused-ring (bicyclic) bond motifs is 1. The second kappa shape index (κ2) is 1.98. The van der Waals surface area contributed by atoms with Crippen LogP contribution in [0.3, 0.4) is 0 Å². The molecule has 2 fully saturated rings. The summed E-state index contributed by atoms with van der Waals surface area (Å²) < 4.78 is 0. The second-order valence-electron chi connectivity index (χ2n) is 3.55. The molecule has 1 aliphatic heterocycles. The summed E-state index contributed by atoms with van der Waals surface area (Å²) in [4.78, 5) is 0. The molecule has 52 valence electrons. The molecule has 0 bridgehead atoms. The minimum Gasteiger partial charge on any atom is -0.314 e. The quantitative estimate of drug-likeness (QED) is 0.516. The van der Waals surface area contributed by atoms with Crippen molar-refractivity contribution < 1.29 is 0 Å². The van der Waals surface area contributed by atoms with Crippen LogP contribution in [0.4, 0.5) is 0 Å². The van der Waals surface area contributed by atoms with Gasteiger partial charge in [-0.3, -0.25) is 0 Å². The first-order chi connectivity index (χ1) is 4.38. The summed E-state index contributed by atoms with van der Waals surface area (Å²) in [5, 5.41) is 3.52. The number of rotatable bonds is 0. The molecule has 1 saturated heterocycles. The van der Waals surface area contributed by atoms with Crippen molar-refractivity contribution in [2.75, 3.05) is 6.54 Å². The number of nitrogens with one attached hydrogen (secondary N) is 1. The van der Waals surface area contributed by atoms with Crippen molar-refractivity contribution >= 4 is 0 Å². The zero-order chi connectivity index (χ0) is 6.27. The van der Waals surface area contributed by atoms with Gasteiger partial charge in [-0.2, -0.15) is 0 Å². The van der Waals surface area contributed by atoms with Gasteiger partial charge >= 0.3 is 0 Å². The van der Waals surface area contributed by atoms with E-state index in [-0.39, 0.29) is 0 Å². The monoisotopic (exact) mass is 125 g/mol. The highest BCUT2D eigenvalue weighted by atomic mass is 15.0. The van der Waals surface area contributed by atoms with Gasteiger partial charge < -0.3 is 5.32 Å². The average Bonchev–Trinajstić information content (AvgIpc) is 2.35. The molecule has 2 unspecified atom stereocenters. The molecule has 0 radical (unpaired) electrons. The molecule has 0 aromatic rings. The topological polar surface area (TPSA) is 12.0 Å². The lowest BCUT2D eigenvalue weighted by molar-refractivity contribution is 0.432. The van der Waals surface area contributed by atoms with E-state index in [0.29, 0.717) is 0 Å². The largest absolute Gasteiger partial charge is 0.314 e. The average molecular weight is 125 g/mol. The lowest BCUT2D eigenvalue weighted by atomic mass is 9.95. The lowest BCUT2D eigenvalue weighted by Crippen LogP contribution is -2.22. The van der Waals surface area contributed by atoms with Gasteiger partial charge in [-0.25, -0.2) is 0 Å². The summed E-state index contributed by atoms with van der Waals surface area (Å²) in [6, 6.07) is 0.817. The van der Waals surface area contributed by atoms with Gasteiger partial charge in [0.25, 0.3) is 0 Å². The van der Waals surface area contributed by atoms with Crippen LogP contribution in [0.5, 0.6) is 0 Å². The maximum Gasteiger partial charge on any atom is 0.00702 e. The molecule has 1 aliphatic carbocycles. The van der Waals surface area contributed by atoms with Crippen molar-refractivity contribution in [3.63, 3.8) is 0 Å². The minimum absolute atomic E-state index is 0.817. The third kappa shape index (κ3) is 0.787. The molecule has 2 rings (SSSR count). The Morgan fingerprint density at radius 1 is 1.33 bits per heavy atom. The van der Waals surface area contributed by atoms with Crippen LogP contribution in [0.2, 0.25) is 0 Å². The van der Waals surface area contributed by atoms with Gasteiger partial charge in [-0.05, 0) is 38.1 Å². The predicted molar refractivity (Wildman–Crippen MR) is 38.3 cm³/mol. The Labute approximate surface area is 56.8 Å². The van der Waals surface area contributed by atoms with Crippen molar-refractivity contribution in [3.8, 4) is 0 Å². The third-order valence-corrected chi connectivity index (χ3v) is 3.06. The molecule has 1 heteroatoms. The van der Waals surface area contributed by atoms with E-state index < -0.39 is 0 Å². The molecule has 0 aromatic heterocycles. The van der Waals surface area contributed by atoms with Crippen LogP contribution in [0, 0.1) is 11.8 Å². The Kier molecular flexibility index (Phi) is 1.26. The Morgan fingerprint density at radius 3 is 3.00 bits per heavy atom. The fourth-order valence-electron chi connectivity index (χ4n) is 2.47. The van der Waals surface area contributed by atoms with Gasteiger partial charge in [-0.1, -0.05) is 6.42 Å². The third-order valence-electron chi connectivity index (χ3n) is 3.06. The fourth-order valence-corrected chi connectivity index (χ4v) is 2.47. The van der Waals surface area contributed by atoms with Crippen molar-refractivity contribution in [2.24, 2.45) is 11.8 Å². The maximum absolute atomic E-state index is 3.52. The second-order valence-corrected chi connectivity index (χ2v) is 3.55. The molecule has 1 saturated carbocycles. The van der Waals surface area contributed by atoms with Crippen LogP contribution in [-0.4, -0.2) is 12.6 Å². The molecule has 0 aromatic carbocycles. The molecule has 0 spiro atoms. The highest BCUT2D eigenvalue weighted by Crippen LogP contribution is 2.37. The molecule has 1 heterocycles. The van der Waals surface area contributed by atoms with E-state index in [1.54, 1.807) is 0 Å². The molecule has 1 nitrogen and oxygen atoms in total. The van der Waals surface area contributed by atoms with Crippen LogP contribution in [0.15, 0.2) is 0 Å². The molecule has 9 heavy (non-hydrogen) atoms. The minimum atomic E-state index is 0.817. The highest BCUT2D eigenvalue weighted by molar-refractivity contribution is 4.91. The maximum atomic E-state index is 3.52. The van der Waals surface area contributed by atoms with Gasteiger partial charge in [0.05, 0.1) is 0 Å². The predicted octanol–water partition coefficient (Wildman–Crippen LogP) is 1.39. The van der Waals surface area contributed by atoms with Crippen molar-refractivity contribution in [1.29, 1.82) is 0 Å². The molecular weight excluding hydrogens is 110 g/mol. The summed E-state index contributed by atoms with van der Waals surface area (Å²) in [6.45, 7) is 3.63. The molecular formula is C8H15N. The SMILES string of the molecule is C[C@@H]1NCC2CCCC21. The fraction of sp³-hybridized carbons (Fsp3) is 1.00. The summed E-state index contributed by atoms with van der Waals surface area (Å²) in [5.74, 6) is 2.07. The van der Waals surface area contributed by atoms with E-state index in [2.05, 4.69) is 12.2 Å². The van der Waals surface area contributed by atoms with E-state index in [1.165, 1.54) is 25.8 Å². The van der Waals surface area contributed by atoms with Crippen LogP contribution in [-0.2, 0) is 0 Å². The Morgan fingerprint density at radius 2 is 2.22 bits per heavy atom. The van der Waals surface area contributed by atoms with Crippen LogP contribution in [0.1, 0.15) is 26.2 Å². The van der Waals surface area contributed by atoms with Gasteiger partial charge in [0.15, 0.2) is 0 Å². The molecule has 0 amide bonds. The van der Waals surface area contributed by atoms with Gasteiger partial charge in [0.1, 0.15) is 0 Å². The van der Waals surface area contributed by atoms with Crippen LogP contribution >= 0.6 is 0 Å². The standard InChI is InChI=1S/C8H15N/c1-6-8-4-2-3-7(8)5-9-6/h6-9H,2-5H2,1H3/t6-,7?,8?/m0/s1. The number of hydrogen-bond donors (Lipinski definition) is 1. The first-order valence-electron chi connectivity index (χ1n) is 4.11. The highest BCUT2D eigenvalue weighted by Gasteiger charge is 2.35. The molecule has 2 aliphatic rings. The van der Waals surface area contributed by atoms with Crippen molar-refractivity contribution in [2.45, 2.75) is 32.2 Å². The normalized spacial score (nSPS) is 49.7. The lowest BCUT2D eigenvalue weighted by Gasteiger charge is -2.11. The van der Waals surface area contributed by atoms with Gasteiger partial charge in [0, 0.05) is 6.04 Å². The Hall–Kier alpha value is -0.0400. The smallest absolute Gasteiger partial charge is 0.00702 e. The van der Waals surface area contributed by atoms with Crippen LogP contribution in [0.25, 0.3) is 0 Å². The van der Waals surface area contributed by atoms with Crippen LogP contribution < -0.4 is 5.32 Å². The van der Waals surface area contributed by atoms with E-state index in [1.807, 2.05) is 0 Å². The Balaban J connectivity index is 2.07. The van der Waals surface area contributed by atoms with E-state index in [4.69, 9.17) is 0 Å². The first-order valence-corrected chi connectivity index (χ1v) is 4.11. The van der Waals surface area contributed by atoms with E-state index >= 15 is 0 Å². The summed E-state index contributed by atoms with van der Waals surface area (Å²) in [6.07, 6.45) is 4.46. The van der Waals surface area contributed by atoms with Crippen molar-refractivity contribution in [1.82, 2.24) is 5.32 Å². The van der Waals surface area contributed by atoms with Gasteiger partial charge in [0.2, 0.25) is 0 Å². The zero-order valence-electron chi connectivity index (χ0n) is 6.06. The van der Waals surface area contributed by atoms with Crippen molar-refractivity contribution in [3.05, 3.63) is 0 Å². The van der Waals surface area contributed by atoms with E-state index in [0.717, 1.165) is 17.9 Å². The molecule has 3 atom stereocenters. The molecule has 1 N–H and O–H groups in total. The van der Waals surface area contributed by atoms with E-state index in [9.17, 15) is 0 Å².